The van der Waals surface area contributed by atoms with Gasteiger partial charge in [-0.3, -0.25) is 0 Å². The number of hydrogen-bond donors (Lipinski definition) is 0. The second-order valence-electron chi connectivity index (χ2n) is 4.68. The maximum atomic E-state index is 12.5. The number of rotatable bonds is 2. The molecule has 0 radical (unpaired) electrons. The van der Waals surface area contributed by atoms with Crippen LogP contribution >= 0.6 is 0 Å². The van der Waals surface area contributed by atoms with E-state index < -0.39 is 30.1 Å². The molecule has 1 aliphatic carbocycles. The fraction of sp³-hybridized carbons (Fsp3) is 1.00. The van der Waals surface area contributed by atoms with Crippen LogP contribution in [0.15, 0.2) is 0 Å². The van der Waals surface area contributed by atoms with E-state index in [1.807, 2.05) is 0 Å². The van der Waals surface area contributed by atoms with Crippen molar-refractivity contribution in [3.8, 4) is 0 Å². The number of hydrogen-bond acceptors (Lipinski definition) is 0. The maximum Gasteiger partial charge on any atom is 0.402 e. The first-order chi connectivity index (χ1) is 7.08. The van der Waals surface area contributed by atoms with E-state index in [2.05, 4.69) is 0 Å². The quantitative estimate of drug-likeness (QED) is 0.621. The van der Waals surface area contributed by atoms with Crippen molar-refractivity contribution in [3.63, 3.8) is 0 Å². The van der Waals surface area contributed by atoms with Crippen molar-refractivity contribution >= 4 is 0 Å². The summed E-state index contributed by atoms with van der Waals surface area (Å²) in [6.45, 7) is 0.269. The smallest absolute Gasteiger partial charge is 0.170 e. The van der Waals surface area contributed by atoms with Crippen molar-refractivity contribution in [3.05, 3.63) is 0 Å². The van der Waals surface area contributed by atoms with Crippen molar-refractivity contribution in [1.82, 2.24) is 0 Å². The first kappa shape index (κ1) is 13.6. The van der Waals surface area contributed by atoms with E-state index >= 15 is 0 Å². The Labute approximate surface area is 90.0 Å². The van der Waals surface area contributed by atoms with Gasteiger partial charge in [0.2, 0.25) is 0 Å². The average molecular weight is 248 g/mol. The first-order valence-corrected chi connectivity index (χ1v) is 5.21. The average Bonchev–Trinajstić information content (AvgIpc) is 2.52. The monoisotopic (exact) mass is 248 g/mol. The Kier molecular flexibility index (Phi) is 3.50. The van der Waals surface area contributed by atoms with Crippen LogP contribution < -0.4 is 0 Å². The highest BCUT2D eigenvalue weighted by Crippen LogP contribution is 2.55. The molecule has 0 aliphatic heterocycles. The Bertz CT molecular complexity index is 219. The zero-order valence-electron chi connectivity index (χ0n) is 8.88. The van der Waals surface area contributed by atoms with Crippen molar-refractivity contribution in [2.45, 2.75) is 51.4 Å². The largest absolute Gasteiger partial charge is 0.402 e. The zero-order valence-corrected chi connectivity index (χ0v) is 8.88. The van der Waals surface area contributed by atoms with Gasteiger partial charge in [0.1, 0.15) is 0 Å². The molecule has 16 heavy (non-hydrogen) atoms. The third-order valence-corrected chi connectivity index (χ3v) is 3.42. The van der Waals surface area contributed by atoms with Gasteiger partial charge in [0.05, 0.1) is 0 Å². The fourth-order valence-corrected chi connectivity index (χ4v) is 2.18. The van der Waals surface area contributed by atoms with E-state index in [0.29, 0.717) is 12.8 Å². The van der Waals surface area contributed by atoms with Gasteiger partial charge in [-0.25, -0.2) is 0 Å². The van der Waals surface area contributed by atoms with Crippen molar-refractivity contribution in [2.75, 3.05) is 0 Å². The summed E-state index contributed by atoms with van der Waals surface area (Å²) < 4.78 is 75.2. The lowest BCUT2D eigenvalue weighted by atomic mass is 9.79. The molecule has 0 amide bonds. The van der Waals surface area contributed by atoms with E-state index in [9.17, 15) is 26.3 Å². The highest BCUT2D eigenvalue weighted by atomic mass is 19.4. The summed E-state index contributed by atoms with van der Waals surface area (Å²) in [7, 11) is 0. The van der Waals surface area contributed by atoms with Crippen molar-refractivity contribution in [1.29, 1.82) is 0 Å². The second-order valence-corrected chi connectivity index (χ2v) is 4.68. The van der Waals surface area contributed by atoms with Gasteiger partial charge >= 0.3 is 12.4 Å². The second kappa shape index (κ2) is 4.11. The molecule has 0 atom stereocenters. The van der Waals surface area contributed by atoms with Crippen LogP contribution in [0.2, 0.25) is 0 Å². The highest BCUT2D eigenvalue weighted by molar-refractivity contribution is 4.91. The van der Waals surface area contributed by atoms with Gasteiger partial charge < -0.3 is 0 Å². The normalized spacial score (nSPS) is 20.4. The zero-order chi connectivity index (χ0) is 12.6. The summed E-state index contributed by atoms with van der Waals surface area (Å²) in [6.07, 6.45) is -8.88. The molecule has 0 bridgehead atoms. The molecule has 96 valence electrons. The maximum absolute atomic E-state index is 12.5. The molecule has 0 unspecified atom stereocenters. The lowest BCUT2D eigenvalue weighted by Crippen LogP contribution is -2.48. The summed E-state index contributed by atoms with van der Waals surface area (Å²) in [5, 5.41) is 0. The topological polar surface area (TPSA) is 0 Å². The third-order valence-electron chi connectivity index (χ3n) is 3.42. The molecule has 0 saturated heterocycles. The summed E-state index contributed by atoms with van der Waals surface area (Å²) in [5.74, 6) is -0.451. The van der Waals surface area contributed by atoms with Crippen molar-refractivity contribution < 1.29 is 26.3 Å². The van der Waals surface area contributed by atoms with Gasteiger partial charge in [-0.05, 0) is 19.3 Å². The molecule has 0 nitrogen and oxygen atoms in total. The SMILES string of the molecule is CC(CC1CCCC1)(C(F)(F)F)C(F)(F)F. The lowest BCUT2D eigenvalue weighted by molar-refractivity contribution is -0.339. The highest BCUT2D eigenvalue weighted by Gasteiger charge is 2.67. The van der Waals surface area contributed by atoms with E-state index in [0.717, 1.165) is 12.8 Å². The van der Waals surface area contributed by atoms with Gasteiger partial charge in [0.15, 0.2) is 5.41 Å². The molecule has 0 spiro atoms. The van der Waals surface area contributed by atoms with E-state index in [4.69, 9.17) is 0 Å². The summed E-state index contributed by atoms with van der Waals surface area (Å²) >= 11 is 0. The molecule has 0 N–H and O–H groups in total. The number of halogens is 6. The Morgan fingerprint density at radius 1 is 0.875 bits per heavy atom. The molecule has 6 heteroatoms. The van der Waals surface area contributed by atoms with Gasteiger partial charge in [-0.1, -0.05) is 25.7 Å². The molecular weight excluding hydrogens is 234 g/mol. The molecule has 1 rings (SSSR count). The molecule has 1 saturated carbocycles. The molecular formula is C10H14F6. The Hall–Kier alpha value is -0.420. The minimum Gasteiger partial charge on any atom is -0.170 e. The van der Waals surface area contributed by atoms with E-state index in [-0.39, 0.29) is 6.92 Å². The van der Waals surface area contributed by atoms with Gasteiger partial charge in [0.25, 0.3) is 0 Å². The molecule has 0 heterocycles. The molecule has 0 aromatic carbocycles. The predicted molar refractivity (Wildman–Crippen MR) is 46.8 cm³/mol. The minimum atomic E-state index is -5.23. The first-order valence-electron chi connectivity index (χ1n) is 5.21. The third kappa shape index (κ3) is 2.46. The predicted octanol–water partition coefficient (Wildman–Crippen LogP) is 4.70. The van der Waals surface area contributed by atoms with Gasteiger partial charge in [0, 0.05) is 0 Å². The van der Waals surface area contributed by atoms with Crippen molar-refractivity contribution in [2.24, 2.45) is 11.3 Å². The van der Waals surface area contributed by atoms with Crippen LogP contribution in [0.1, 0.15) is 39.0 Å². The fourth-order valence-electron chi connectivity index (χ4n) is 2.18. The Morgan fingerprint density at radius 2 is 1.25 bits per heavy atom. The van der Waals surface area contributed by atoms with Gasteiger partial charge in [-0.15, -0.1) is 0 Å². The van der Waals surface area contributed by atoms with E-state index in [1.165, 1.54) is 0 Å². The number of alkyl halides is 6. The van der Waals surface area contributed by atoms with Crippen LogP contribution in [0.25, 0.3) is 0 Å². The van der Waals surface area contributed by atoms with Crippen LogP contribution in [0.3, 0.4) is 0 Å². The molecule has 1 fully saturated rings. The van der Waals surface area contributed by atoms with Crippen LogP contribution in [0.5, 0.6) is 0 Å². The summed E-state index contributed by atoms with van der Waals surface area (Å²) in [6, 6.07) is 0. The standard InChI is InChI=1S/C10H14F6/c1-8(9(11,12)13,10(14,15)16)6-7-4-2-3-5-7/h7H,2-6H2,1H3. The molecule has 1 aliphatic rings. The van der Waals surface area contributed by atoms with Crippen LogP contribution in [0, 0.1) is 11.3 Å². The Morgan fingerprint density at radius 3 is 1.56 bits per heavy atom. The van der Waals surface area contributed by atoms with Crippen LogP contribution in [-0.2, 0) is 0 Å². The van der Waals surface area contributed by atoms with Crippen LogP contribution in [-0.4, -0.2) is 12.4 Å². The lowest BCUT2D eigenvalue weighted by Gasteiger charge is -2.35. The minimum absolute atomic E-state index is 0.269. The summed E-state index contributed by atoms with van der Waals surface area (Å²) in [5.41, 5.74) is -3.56. The van der Waals surface area contributed by atoms with Gasteiger partial charge in [-0.2, -0.15) is 26.3 Å². The molecule has 0 aromatic heterocycles. The summed E-state index contributed by atoms with van der Waals surface area (Å²) in [4.78, 5) is 0. The Balaban J connectivity index is 2.87. The van der Waals surface area contributed by atoms with E-state index in [1.54, 1.807) is 0 Å². The van der Waals surface area contributed by atoms with Crippen LogP contribution in [0.4, 0.5) is 26.3 Å². The molecule has 0 aromatic rings.